The summed E-state index contributed by atoms with van der Waals surface area (Å²) in [4.78, 5) is 15.7. The third-order valence-corrected chi connectivity index (χ3v) is 3.00. The van der Waals surface area contributed by atoms with Crippen LogP contribution in [-0.4, -0.2) is 24.3 Å². The lowest BCUT2D eigenvalue weighted by molar-refractivity contribution is -0.142. The van der Waals surface area contributed by atoms with Crippen LogP contribution in [0.1, 0.15) is 30.9 Å². The number of hydrogen-bond acceptors (Lipinski definition) is 3. The van der Waals surface area contributed by atoms with Crippen molar-refractivity contribution in [3.63, 3.8) is 0 Å². The van der Waals surface area contributed by atoms with Crippen LogP contribution in [-0.2, 0) is 16.0 Å². The molecule has 3 nitrogen and oxygen atoms in total. The Morgan fingerprint density at radius 1 is 1.28 bits per heavy atom. The minimum absolute atomic E-state index is 0.184. The van der Waals surface area contributed by atoms with E-state index in [2.05, 4.69) is 36.2 Å². The van der Waals surface area contributed by atoms with Crippen molar-refractivity contribution >= 4 is 11.7 Å². The summed E-state index contributed by atoms with van der Waals surface area (Å²) >= 11 is 0. The molecule has 2 rings (SSSR count). The van der Waals surface area contributed by atoms with E-state index in [1.807, 2.05) is 6.92 Å². The molecule has 3 heteroatoms. The maximum atomic E-state index is 11.5. The monoisotopic (exact) mass is 245 g/mol. The van der Waals surface area contributed by atoms with Gasteiger partial charge in [0, 0.05) is 0 Å². The molecule has 0 N–H and O–H groups in total. The minimum Gasteiger partial charge on any atom is -0.464 e. The van der Waals surface area contributed by atoms with Gasteiger partial charge in [0.2, 0.25) is 0 Å². The maximum Gasteiger partial charge on any atom is 0.336 e. The van der Waals surface area contributed by atoms with E-state index >= 15 is 0 Å². The molecular weight excluding hydrogens is 226 g/mol. The number of carbonyl (C=O) groups excluding carboxylic acids is 1. The van der Waals surface area contributed by atoms with Crippen molar-refractivity contribution in [1.29, 1.82) is 0 Å². The molecule has 1 atom stereocenters. The van der Waals surface area contributed by atoms with Crippen LogP contribution in [0.5, 0.6) is 0 Å². The number of aryl methyl sites for hydroxylation is 2. The molecule has 0 aromatic heterocycles. The molecule has 1 aromatic rings. The molecule has 0 radical (unpaired) electrons. The first-order chi connectivity index (χ1) is 8.70. The Hall–Kier alpha value is -1.64. The van der Waals surface area contributed by atoms with Crippen molar-refractivity contribution < 1.29 is 9.53 Å². The molecule has 0 spiro atoms. The van der Waals surface area contributed by atoms with Gasteiger partial charge in [0.15, 0.2) is 6.04 Å². The number of nitrogens with zero attached hydrogens (tertiary/aromatic N) is 1. The first-order valence-corrected chi connectivity index (χ1v) is 6.49. The normalized spacial score (nSPS) is 17.2. The number of carbonyl (C=O) groups is 1. The second kappa shape index (κ2) is 5.80. The Morgan fingerprint density at radius 3 is 2.67 bits per heavy atom. The lowest BCUT2D eigenvalue weighted by Gasteiger charge is -2.01. The zero-order chi connectivity index (χ0) is 13.0. The number of benzene rings is 1. The molecule has 1 aliphatic heterocycles. The van der Waals surface area contributed by atoms with Gasteiger partial charge in [-0.1, -0.05) is 36.8 Å². The quantitative estimate of drug-likeness (QED) is 0.723. The Bertz CT molecular complexity index is 448. The summed E-state index contributed by atoms with van der Waals surface area (Å²) in [6.45, 7) is 4.56. The average molecular weight is 245 g/mol. The van der Waals surface area contributed by atoms with Crippen molar-refractivity contribution in [2.24, 2.45) is 4.99 Å². The summed E-state index contributed by atoms with van der Waals surface area (Å²) in [6.07, 6.45) is 2.66. The molecule has 0 fully saturated rings. The van der Waals surface area contributed by atoms with E-state index in [1.54, 1.807) is 0 Å². The van der Waals surface area contributed by atoms with Gasteiger partial charge in [0.25, 0.3) is 0 Å². The summed E-state index contributed by atoms with van der Waals surface area (Å²) in [6, 6.07) is 8.20. The lowest BCUT2D eigenvalue weighted by Crippen LogP contribution is -2.17. The Kier molecular flexibility index (Phi) is 4.13. The van der Waals surface area contributed by atoms with Gasteiger partial charge in [-0.05, 0) is 31.7 Å². The van der Waals surface area contributed by atoms with Gasteiger partial charge in [-0.2, -0.15) is 0 Å². The van der Waals surface area contributed by atoms with Crippen LogP contribution in [0.2, 0.25) is 0 Å². The first kappa shape index (κ1) is 12.8. The molecule has 0 aliphatic carbocycles. The summed E-state index contributed by atoms with van der Waals surface area (Å²) in [5.41, 5.74) is 3.54. The predicted molar refractivity (Wildman–Crippen MR) is 72.0 cm³/mol. The predicted octanol–water partition coefficient (Wildman–Crippen LogP) is 2.70. The molecule has 1 unspecified atom stereocenters. The van der Waals surface area contributed by atoms with Crippen LogP contribution in [0.4, 0.5) is 0 Å². The Labute approximate surface area is 108 Å². The Balaban J connectivity index is 1.72. The smallest absolute Gasteiger partial charge is 0.336 e. The topological polar surface area (TPSA) is 38.7 Å². The highest BCUT2D eigenvalue weighted by Gasteiger charge is 2.35. The van der Waals surface area contributed by atoms with Crippen LogP contribution >= 0.6 is 0 Å². The van der Waals surface area contributed by atoms with Gasteiger partial charge in [-0.15, -0.1) is 0 Å². The molecular formula is C15H19NO2. The standard InChI is InChI=1S/C15H19NO2/c1-3-10-18-15(17)14-13(16-14)9-8-12-6-4-11(2)5-7-12/h4-7,14H,3,8-10H2,1-2H3. The van der Waals surface area contributed by atoms with E-state index in [1.165, 1.54) is 11.1 Å². The first-order valence-electron chi connectivity index (χ1n) is 6.49. The molecule has 0 amide bonds. The highest BCUT2D eigenvalue weighted by molar-refractivity contribution is 6.16. The second-order valence-corrected chi connectivity index (χ2v) is 4.68. The highest BCUT2D eigenvalue weighted by atomic mass is 16.5. The van der Waals surface area contributed by atoms with Gasteiger partial charge in [-0.25, -0.2) is 4.79 Å². The van der Waals surface area contributed by atoms with Gasteiger partial charge in [-0.3, -0.25) is 4.99 Å². The van der Waals surface area contributed by atoms with Crippen LogP contribution in [0.15, 0.2) is 29.3 Å². The molecule has 0 saturated carbocycles. The van der Waals surface area contributed by atoms with Gasteiger partial charge in [0.1, 0.15) is 0 Å². The number of hydrogen-bond donors (Lipinski definition) is 0. The molecule has 1 aromatic carbocycles. The van der Waals surface area contributed by atoms with E-state index in [0.29, 0.717) is 6.61 Å². The average Bonchev–Trinajstić information content (AvgIpc) is 3.15. The highest BCUT2D eigenvalue weighted by Crippen LogP contribution is 2.19. The molecule has 0 saturated heterocycles. The van der Waals surface area contributed by atoms with Crippen LogP contribution in [0.25, 0.3) is 0 Å². The molecule has 1 aliphatic rings. The van der Waals surface area contributed by atoms with Crippen molar-refractivity contribution in [3.05, 3.63) is 35.4 Å². The van der Waals surface area contributed by atoms with Crippen LogP contribution < -0.4 is 0 Å². The fourth-order valence-corrected chi connectivity index (χ4v) is 1.83. The van der Waals surface area contributed by atoms with E-state index in [0.717, 1.165) is 25.0 Å². The molecule has 0 bridgehead atoms. The zero-order valence-corrected chi connectivity index (χ0v) is 11.0. The fourth-order valence-electron chi connectivity index (χ4n) is 1.83. The SMILES string of the molecule is CCCOC(=O)C1N=C1CCc1ccc(C)cc1. The number of ether oxygens (including phenoxy) is 1. The van der Waals surface area contributed by atoms with E-state index in [9.17, 15) is 4.79 Å². The molecule has 96 valence electrons. The summed E-state index contributed by atoms with van der Waals surface area (Å²) in [7, 11) is 0. The van der Waals surface area contributed by atoms with E-state index < -0.39 is 0 Å². The number of esters is 1. The van der Waals surface area contributed by atoms with Crippen molar-refractivity contribution in [3.8, 4) is 0 Å². The largest absolute Gasteiger partial charge is 0.464 e. The Morgan fingerprint density at radius 2 is 2.00 bits per heavy atom. The van der Waals surface area contributed by atoms with Crippen LogP contribution in [0.3, 0.4) is 0 Å². The third-order valence-electron chi connectivity index (χ3n) is 3.00. The van der Waals surface area contributed by atoms with E-state index in [-0.39, 0.29) is 12.0 Å². The maximum absolute atomic E-state index is 11.5. The van der Waals surface area contributed by atoms with Crippen LogP contribution in [0, 0.1) is 6.92 Å². The van der Waals surface area contributed by atoms with Gasteiger partial charge >= 0.3 is 5.97 Å². The zero-order valence-electron chi connectivity index (χ0n) is 11.0. The lowest BCUT2D eigenvalue weighted by atomic mass is 10.1. The summed E-state index contributed by atoms with van der Waals surface area (Å²) in [5, 5.41) is 0. The molecule has 1 heterocycles. The third kappa shape index (κ3) is 3.42. The van der Waals surface area contributed by atoms with Gasteiger partial charge in [0.05, 0.1) is 12.3 Å². The summed E-state index contributed by atoms with van der Waals surface area (Å²) in [5.74, 6) is -0.184. The van der Waals surface area contributed by atoms with Gasteiger partial charge < -0.3 is 4.74 Å². The van der Waals surface area contributed by atoms with Crippen molar-refractivity contribution in [1.82, 2.24) is 0 Å². The number of rotatable bonds is 6. The van der Waals surface area contributed by atoms with E-state index in [4.69, 9.17) is 4.74 Å². The number of aliphatic imine (C=N–C) groups is 1. The minimum atomic E-state index is -0.276. The van der Waals surface area contributed by atoms with Crippen molar-refractivity contribution in [2.75, 3.05) is 6.61 Å². The molecule has 18 heavy (non-hydrogen) atoms. The second-order valence-electron chi connectivity index (χ2n) is 4.68. The fraction of sp³-hybridized carbons (Fsp3) is 0.467. The van der Waals surface area contributed by atoms with Crippen molar-refractivity contribution in [2.45, 2.75) is 39.2 Å². The summed E-state index contributed by atoms with van der Waals surface area (Å²) < 4.78 is 5.06.